The smallest absolute Gasteiger partial charge is 0.340 e. The number of pyridine rings is 1. The van der Waals surface area contributed by atoms with Gasteiger partial charge in [0, 0.05) is 6.20 Å². The van der Waals surface area contributed by atoms with Crippen LogP contribution in [-0.4, -0.2) is 15.6 Å². The number of aromatic nitrogens is 1. The zero-order chi connectivity index (χ0) is 15.9. The average molecular weight is 301 g/mol. The summed E-state index contributed by atoms with van der Waals surface area (Å²) in [7, 11) is 0. The summed E-state index contributed by atoms with van der Waals surface area (Å²) in [5.74, 6) is -1.36. The minimum atomic E-state index is -1.20. The lowest BCUT2D eigenvalue weighted by molar-refractivity contribution is 0.0697. The number of halogens is 1. The van der Waals surface area contributed by atoms with Crippen LogP contribution in [0.4, 0.5) is 4.39 Å². The van der Waals surface area contributed by atoms with Crippen LogP contribution in [0.1, 0.15) is 21.7 Å². The van der Waals surface area contributed by atoms with Crippen molar-refractivity contribution in [2.24, 2.45) is 0 Å². The third-order valence-corrected chi connectivity index (χ3v) is 3.47. The van der Waals surface area contributed by atoms with E-state index in [1.807, 2.05) is 0 Å². The molecule has 0 bridgehead atoms. The van der Waals surface area contributed by atoms with Gasteiger partial charge in [0.25, 0.3) is 5.56 Å². The van der Waals surface area contributed by atoms with Gasteiger partial charge in [-0.05, 0) is 30.7 Å². The van der Waals surface area contributed by atoms with Crippen LogP contribution in [0.2, 0.25) is 0 Å². The number of rotatable bonds is 3. The van der Waals surface area contributed by atoms with E-state index in [-0.39, 0.29) is 34.7 Å². The first-order valence-electron chi connectivity index (χ1n) is 6.57. The van der Waals surface area contributed by atoms with Crippen LogP contribution >= 0.6 is 0 Å². The van der Waals surface area contributed by atoms with Crippen molar-refractivity contribution in [2.75, 3.05) is 0 Å². The molecule has 0 aliphatic carbocycles. The van der Waals surface area contributed by atoms with Crippen molar-refractivity contribution in [1.82, 2.24) is 4.57 Å². The maximum atomic E-state index is 12.9. The second-order valence-electron chi connectivity index (χ2n) is 4.95. The summed E-state index contributed by atoms with van der Waals surface area (Å²) in [6, 6.07) is 7.32. The molecule has 22 heavy (non-hydrogen) atoms. The first-order valence-corrected chi connectivity index (χ1v) is 6.57. The summed E-state index contributed by atoms with van der Waals surface area (Å²) in [5, 5.41) is 9.29. The Morgan fingerprint density at radius 3 is 2.59 bits per heavy atom. The molecular weight excluding hydrogens is 289 g/mol. The van der Waals surface area contributed by atoms with Crippen molar-refractivity contribution in [3.8, 4) is 0 Å². The number of hydrogen-bond donors (Lipinski definition) is 1. The second kappa shape index (κ2) is 5.14. The van der Waals surface area contributed by atoms with Crippen LogP contribution < -0.4 is 5.56 Å². The van der Waals surface area contributed by atoms with Gasteiger partial charge >= 0.3 is 5.97 Å². The van der Waals surface area contributed by atoms with Gasteiger partial charge in [0.05, 0.1) is 6.54 Å². The zero-order valence-corrected chi connectivity index (χ0v) is 11.7. The quantitative estimate of drug-likeness (QED) is 0.807. The summed E-state index contributed by atoms with van der Waals surface area (Å²) in [6.45, 7) is 1.73. The third-order valence-electron chi connectivity index (χ3n) is 3.47. The van der Waals surface area contributed by atoms with Crippen molar-refractivity contribution in [2.45, 2.75) is 13.5 Å². The third kappa shape index (κ3) is 2.28. The number of furan rings is 1. The molecule has 0 aliphatic rings. The van der Waals surface area contributed by atoms with Crippen molar-refractivity contribution < 1.29 is 18.7 Å². The normalized spacial score (nSPS) is 11.0. The first kappa shape index (κ1) is 14.1. The Morgan fingerprint density at radius 1 is 1.27 bits per heavy atom. The Kier molecular flexibility index (Phi) is 3.29. The predicted octanol–water partition coefficient (Wildman–Crippen LogP) is 2.79. The molecule has 2 heterocycles. The standard InChI is InChI=1S/C16H12FNO4/c1-9-13(16(20)21)14-12(22-9)6-7-18(15(14)19)8-10-2-4-11(17)5-3-10/h2-7H,8H2,1H3,(H,20,21). The Labute approximate surface area is 124 Å². The number of carbonyl (C=O) groups is 1. The molecule has 3 rings (SSSR count). The lowest BCUT2D eigenvalue weighted by atomic mass is 10.1. The summed E-state index contributed by atoms with van der Waals surface area (Å²) in [6.07, 6.45) is 1.53. The molecule has 0 radical (unpaired) electrons. The summed E-state index contributed by atoms with van der Waals surface area (Å²) in [5.41, 5.74) is 0.416. The number of fused-ring (bicyclic) bond motifs is 1. The van der Waals surface area contributed by atoms with Crippen LogP contribution in [0.5, 0.6) is 0 Å². The lowest BCUT2D eigenvalue weighted by Crippen LogP contribution is -2.21. The fourth-order valence-electron chi connectivity index (χ4n) is 2.43. The second-order valence-corrected chi connectivity index (χ2v) is 4.95. The van der Waals surface area contributed by atoms with E-state index in [9.17, 15) is 19.1 Å². The van der Waals surface area contributed by atoms with Gasteiger partial charge in [-0.15, -0.1) is 0 Å². The van der Waals surface area contributed by atoms with Crippen molar-refractivity contribution in [1.29, 1.82) is 0 Å². The fourth-order valence-corrected chi connectivity index (χ4v) is 2.43. The lowest BCUT2D eigenvalue weighted by Gasteiger charge is -2.06. The van der Waals surface area contributed by atoms with E-state index in [0.29, 0.717) is 0 Å². The molecule has 0 aliphatic heterocycles. The highest BCUT2D eigenvalue weighted by molar-refractivity contribution is 6.03. The Bertz CT molecular complexity index is 922. The molecule has 0 amide bonds. The van der Waals surface area contributed by atoms with Gasteiger partial charge < -0.3 is 14.1 Å². The van der Waals surface area contributed by atoms with Crippen LogP contribution in [-0.2, 0) is 6.54 Å². The largest absolute Gasteiger partial charge is 0.478 e. The van der Waals surface area contributed by atoms with Gasteiger partial charge in [0.2, 0.25) is 0 Å². The molecule has 0 saturated carbocycles. The number of carboxylic acid groups (broad SMARTS) is 1. The van der Waals surface area contributed by atoms with E-state index in [0.717, 1.165) is 5.56 Å². The maximum absolute atomic E-state index is 12.9. The highest BCUT2D eigenvalue weighted by Crippen LogP contribution is 2.22. The molecule has 6 heteroatoms. The van der Waals surface area contributed by atoms with Gasteiger partial charge in [-0.3, -0.25) is 4.79 Å². The molecule has 0 fully saturated rings. The van der Waals surface area contributed by atoms with Crippen LogP contribution in [0.25, 0.3) is 11.0 Å². The topological polar surface area (TPSA) is 72.4 Å². The SMILES string of the molecule is Cc1oc2ccn(Cc3ccc(F)cc3)c(=O)c2c1C(=O)O. The number of nitrogens with zero attached hydrogens (tertiary/aromatic N) is 1. The van der Waals surface area contributed by atoms with Gasteiger partial charge in [-0.25, -0.2) is 9.18 Å². The van der Waals surface area contributed by atoms with Crippen molar-refractivity contribution in [3.05, 3.63) is 69.6 Å². The molecule has 3 aromatic rings. The van der Waals surface area contributed by atoms with E-state index in [1.54, 1.807) is 18.2 Å². The summed E-state index contributed by atoms with van der Waals surface area (Å²) in [4.78, 5) is 23.8. The number of benzene rings is 1. The molecule has 2 aromatic heterocycles. The molecule has 1 aromatic carbocycles. The number of hydrogen-bond acceptors (Lipinski definition) is 3. The first-order chi connectivity index (χ1) is 10.5. The van der Waals surface area contributed by atoms with Gasteiger partial charge in [-0.1, -0.05) is 12.1 Å². The van der Waals surface area contributed by atoms with Crippen LogP contribution in [0, 0.1) is 12.7 Å². The van der Waals surface area contributed by atoms with Gasteiger partial charge in [0.15, 0.2) is 0 Å². The van der Waals surface area contributed by atoms with Crippen molar-refractivity contribution in [3.63, 3.8) is 0 Å². The molecular formula is C16H12FNO4. The van der Waals surface area contributed by atoms with E-state index >= 15 is 0 Å². The Balaban J connectivity index is 2.13. The van der Waals surface area contributed by atoms with E-state index in [2.05, 4.69) is 0 Å². The van der Waals surface area contributed by atoms with E-state index in [1.165, 1.54) is 29.8 Å². The van der Waals surface area contributed by atoms with Crippen LogP contribution in [0.15, 0.2) is 45.7 Å². The predicted molar refractivity (Wildman–Crippen MR) is 77.7 cm³/mol. The highest BCUT2D eigenvalue weighted by Gasteiger charge is 2.21. The number of aryl methyl sites for hydroxylation is 1. The molecule has 0 spiro atoms. The maximum Gasteiger partial charge on any atom is 0.340 e. The van der Waals surface area contributed by atoms with Gasteiger partial charge in [0.1, 0.15) is 28.1 Å². The fraction of sp³-hybridized carbons (Fsp3) is 0.125. The minimum absolute atomic E-state index is 0.0506. The molecule has 0 unspecified atom stereocenters. The molecule has 0 saturated heterocycles. The van der Waals surface area contributed by atoms with Crippen LogP contribution in [0.3, 0.4) is 0 Å². The zero-order valence-electron chi connectivity index (χ0n) is 11.7. The van der Waals surface area contributed by atoms with E-state index < -0.39 is 11.5 Å². The highest BCUT2D eigenvalue weighted by atomic mass is 19.1. The molecule has 0 atom stereocenters. The Hall–Kier alpha value is -2.89. The molecule has 5 nitrogen and oxygen atoms in total. The van der Waals surface area contributed by atoms with Gasteiger partial charge in [-0.2, -0.15) is 0 Å². The Morgan fingerprint density at radius 2 is 1.95 bits per heavy atom. The summed E-state index contributed by atoms with van der Waals surface area (Å²) >= 11 is 0. The molecule has 1 N–H and O–H groups in total. The molecule has 112 valence electrons. The average Bonchev–Trinajstić information content (AvgIpc) is 2.81. The number of carboxylic acids is 1. The summed E-state index contributed by atoms with van der Waals surface area (Å²) < 4.78 is 19.6. The monoisotopic (exact) mass is 301 g/mol. The minimum Gasteiger partial charge on any atom is -0.478 e. The van der Waals surface area contributed by atoms with Crippen molar-refractivity contribution >= 4 is 16.9 Å². The van der Waals surface area contributed by atoms with E-state index in [4.69, 9.17) is 4.42 Å². The number of aromatic carboxylic acids is 1.